The normalized spacial score (nSPS) is 9.89. The lowest BCUT2D eigenvalue weighted by Gasteiger charge is -2.06. The van der Waals surface area contributed by atoms with Crippen LogP contribution in [0.2, 0.25) is 0 Å². The number of carbonyl (C=O) groups is 2. The molecule has 98 valence electrons. The highest BCUT2D eigenvalue weighted by molar-refractivity contribution is 5.94. The van der Waals surface area contributed by atoms with Crippen molar-refractivity contribution in [3.63, 3.8) is 0 Å². The van der Waals surface area contributed by atoms with Crippen LogP contribution in [0.25, 0.3) is 0 Å². The van der Waals surface area contributed by atoms with Crippen LogP contribution in [-0.2, 0) is 4.74 Å². The fourth-order valence-corrected chi connectivity index (χ4v) is 1.13. The molecule has 1 aromatic rings. The molecule has 0 aliphatic heterocycles. The molecule has 0 heterocycles. The number of nitrogens with two attached hydrogens (primary N) is 2. The number of hydrogen-bond donors (Lipinski definition) is 3. The van der Waals surface area contributed by atoms with Crippen molar-refractivity contribution < 1.29 is 23.1 Å². The minimum absolute atomic E-state index is 0.0324. The molecule has 0 atom stereocenters. The molecular formula is C10H11F2N3O3. The summed E-state index contributed by atoms with van der Waals surface area (Å²) in [5.41, 5.74) is 8.87. The summed E-state index contributed by atoms with van der Waals surface area (Å²) in [6.45, 7) is -0.170. The van der Waals surface area contributed by atoms with Gasteiger partial charge in [-0.05, 0) is 12.1 Å². The minimum Gasteiger partial charge on any atom is -0.448 e. The number of halogens is 2. The van der Waals surface area contributed by atoms with Gasteiger partial charge >= 0.3 is 6.09 Å². The van der Waals surface area contributed by atoms with E-state index in [0.717, 1.165) is 12.1 Å². The van der Waals surface area contributed by atoms with Gasteiger partial charge in [0.1, 0.15) is 23.9 Å². The fraction of sp³-hybridized carbons (Fsp3) is 0.200. The van der Waals surface area contributed by atoms with Crippen molar-refractivity contribution in [3.8, 4) is 0 Å². The van der Waals surface area contributed by atoms with Gasteiger partial charge in [0.15, 0.2) is 0 Å². The summed E-state index contributed by atoms with van der Waals surface area (Å²) in [5.74, 6) is -2.76. The Balaban J connectivity index is 2.59. The van der Waals surface area contributed by atoms with Crippen molar-refractivity contribution in [2.75, 3.05) is 18.9 Å². The predicted molar refractivity (Wildman–Crippen MR) is 58.6 cm³/mol. The van der Waals surface area contributed by atoms with E-state index in [1.54, 1.807) is 0 Å². The van der Waals surface area contributed by atoms with Crippen LogP contribution in [0.15, 0.2) is 12.1 Å². The van der Waals surface area contributed by atoms with Gasteiger partial charge in [-0.3, -0.25) is 4.79 Å². The average Bonchev–Trinajstić information content (AvgIpc) is 2.30. The molecule has 0 spiro atoms. The zero-order chi connectivity index (χ0) is 13.7. The van der Waals surface area contributed by atoms with E-state index in [0.29, 0.717) is 0 Å². The molecule has 6 nitrogen and oxygen atoms in total. The van der Waals surface area contributed by atoms with Crippen molar-refractivity contribution in [2.24, 2.45) is 5.73 Å². The second-order valence-electron chi connectivity index (χ2n) is 3.28. The smallest absolute Gasteiger partial charge is 0.404 e. The van der Waals surface area contributed by atoms with E-state index in [9.17, 15) is 18.4 Å². The van der Waals surface area contributed by atoms with Crippen LogP contribution in [0.3, 0.4) is 0 Å². The number of hydrogen-bond acceptors (Lipinski definition) is 4. The molecule has 0 aliphatic rings. The first-order valence-electron chi connectivity index (χ1n) is 4.86. The third-order valence-electron chi connectivity index (χ3n) is 1.97. The molecule has 1 rings (SSSR count). The zero-order valence-electron chi connectivity index (χ0n) is 9.20. The summed E-state index contributed by atoms with van der Waals surface area (Å²) in [6.07, 6.45) is -0.978. The number of rotatable bonds is 4. The Morgan fingerprint density at radius 3 is 2.33 bits per heavy atom. The summed E-state index contributed by atoms with van der Waals surface area (Å²) in [5, 5.41) is 2.28. The highest BCUT2D eigenvalue weighted by atomic mass is 19.1. The van der Waals surface area contributed by atoms with Crippen LogP contribution in [-0.4, -0.2) is 25.2 Å². The largest absolute Gasteiger partial charge is 0.448 e. The number of benzene rings is 1. The van der Waals surface area contributed by atoms with E-state index >= 15 is 0 Å². The third kappa shape index (κ3) is 3.58. The lowest BCUT2D eigenvalue weighted by molar-refractivity contribution is 0.0936. The van der Waals surface area contributed by atoms with Gasteiger partial charge in [0.2, 0.25) is 0 Å². The van der Waals surface area contributed by atoms with E-state index in [1.807, 2.05) is 0 Å². The van der Waals surface area contributed by atoms with Gasteiger partial charge < -0.3 is 21.5 Å². The lowest BCUT2D eigenvalue weighted by Crippen LogP contribution is -2.29. The summed E-state index contributed by atoms with van der Waals surface area (Å²) in [7, 11) is 0. The third-order valence-corrected chi connectivity index (χ3v) is 1.97. The number of nitrogen functional groups attached to an aromatic ring is 1. The molecule has 18 heavy (non-hydrogen) atoms. The number of amides is 2. The first-order valence-corrected chi connectivity index (χ1v) is 4.86. The maximum atomic E-state index is 13.1. The van der Waals surface area contributed by atoms with Crippen molar-refractivity contribution in [2.45, 2.75) is 0 Å². The molecule has 1 aromatic carbocycles. The Bertz CT molecular complexity index is 456. The molecule has 5 N–H and O–H groups in total. The first-order chi connectivity index (χ1) is 8.41. The summed E-state index contributed by atoms with van der Waals surface area (Å²) in [6, 6.07) is 1.62. The summed E-state index contributed by atoms with van der Waals surface area (Å²) < 4.78 is 30.5. The van der Waals surface area contributed by atoms with Gasteiger partial charge in [-0.1, -0.05) is 0 Å². The molecule has 0 bridgehead atoms. The molecule has 0 radical (unpaired) electrons. The Morgan fingerprint density at radius 2 is 1.83 bits per heavy atom. The number of nitrogens with one attached hydrogen (secondary N) is 1. The second kappa shape index (κ2) is 5.80. The van der Waals surface area contributed by atoms with Gasteiger partial charge in [0.05, 0.1) is 6.54 Å². The van der Waals surface area contributed by atoms with Gasteiger partial charge in [-0.15, -0.1) is 0 Å². The van der Waals surface area contributed by atoms with Gasteiger partial charge in [0.25, 0.3) is 5.91 Å². The van der Waals surface area contributed by atoms with E-state index in [1.165, 1.54) is 0 Å². The molecule has 0 unspecified atom stereocenters. The van der Waals surface area contributed by atoms with Crippen LogP contribution in [0.1, 0.15) is 10.4 Å². The molecule has 2 amide bonds. The van der Waals surface area contributed by atoms with Crippen LogP contribution in [0.5, 0.6) is 0 Å². The quantitative estimate of drug-likeness (QED) is 0.536. The monoisotopic (exact) mass is 259 g/mol. The fourth-order valence-electron chi connectivity index (χ4n) is 1.13. The van der Waals surface area contributed by atoms with Crippen LogP contribution < -0.4 is 16.8 Å². The van der Waals surface area contributed by atoms with Crippen LogP contribution >= 0.6 is 0 Å². The van der Waals surface area contributed by atoms with Crippen LogP contribution in [0.4, 0.5) is 19.3 Å². The van der Waals surface area contributed by atoms with Gasteiger partial charge in [0, 0.05) is 5.56 Å². The lowest BCUT2D eigenvalue weighted by atomic mass is 10.1. The molecule has 0 aromatic heterocycles. The molecule has 8 heteroatoms. The molecule has 0 saturated carbocycles. The minimum atomic E-state index is -1.02. The first kappa shape index (κ1) is 13.7. The molecular weight excluding hydrogens is 248 g/mol. The van der Waals surface area contributed by atoms with Crippen molar-refractivity contribution >= 4 is 17.7 Å². The molecule has 0 fully saturated rings. The number of anilines is 1. The van der Waals surface area contributed by atoms with Gasteiger partial charge in [-0.2, -0.15) is 0 Å². The summed E-state index contributed by atoms with van der Waals surface area (Å²) in [4.78, 5) is 21.7. The maximum Gasteiger partial charge on any atom is 0.404 e. The highest BCUT2D eigenvalue weighted by Gasteiger charge is 2.12. The summed E-state index contributed by atoms with van der Waals surface area (Å²) >= 11 is 0. The molecule has 0 aliphatic carbocycles. The second-order valence-corrected chi connectivity index (χ2v) is 3.28. The Hall–Kier alpha value is -2.38. The zero-order valence-corrected chi connectivity index (χ0v) is 9.20. The molecule has 0 saturated heterocycles. The predicted octanol–water partition coefficient (Wildman–Crippen LogP) is 0.372. The van der Waals surface area contributed by atoms with Crippen molar-refractivity contribution in [3.05, 3.63) is 29.3 Å². The van der Waals surface area contributed by atoms with E-state index in [-0.39, 0.29) is 18.7 Å². The van der Waals surface area contributed by atoms with Gasteiger partial charge in [-0.25, -0.2) is 13.6 Å². The van der Waals surface area contributed by atoms with Crippen LogP contribution in [0, 0.1) is 11.6 Å². The SMILES string of the molecule is NC(=O)OCCNC(=O)c1cc(F)c(N)c(F)c1. The highest BCUT2D eigenvalue weighted by Crippen LogP contribution is 2.16. The van der Waals surface area contributed by atoms with E-state index in [2.05, 4.69) is 15.8 Å². The van der Waals surface area contributed by atoms with E-state index in [4.69, 9.17) is 5.73 Å². The average molecular weight is 259 g/mol. The van der Waals surface area contributed by atoms with E-state index < -0.39 is 29.3 Å². The Kier molecular flexibility index (Phi) is 4.41. The van der Waals surface area contributed by atoms with Crippen molar-refractivity contribution in [1.82, 2.24) is 5.32 Å². The Labute approximate surface area is 101 Å². The number of primary amides is 1. The Morgan fingerprint density at radius 1 is 1.28 bits per heavy atom. The number of carbonyl (C=O) groups excluding carboxylic acids is 2. The van der Waals surface area contributed by atoms with Crippen molar-refractivity contribution in [1.29, 1.82) is 0 Å². The number of ether oxygens (including phenoxy) is 1. The topological polar surface area (TPSA) is 107 Å². The standard InChI is InChI=1S/C10H11F2N3O3/c11-6-3-5(4-7(12)8(6)13)9(16)15-1-2-18-10(14)17/h3-4H,1-2,13H2,(H2,14,17)(H,15,16). The maximum absolute atomic E-state index is 13.1.